The molecule has 1 saturated carbocycles. The second-order valence-electron chi connectivity index (χ2n) is 7.57. The van der Waals surface area contributed by atoms with Crippen molar-refractivity contribution in [2.24, 2.45) is 11.8 Å². The van der Waals surface area contributed by atoms with Gasteiger partial charge in [0.25, 0.3) is 0 Å². The molecule has 5 heteroatoms. The SMILES string of the molecule is CCCCC[C@H](O)C=C[C@H]1[C@H](O)CC(=O)[C@@H]1CC=CCCCCCC(=O)O. The molecule has 0 bridgehead atoms. The molecule has 1 aliphatic rings. The number of carboxylic acid groups (broad SMARTS) is 1. The first-order chi connectivity index (χ1) is 13.0. The molecule has 0 saturated heterocycles. The zero-order valence-corrected chi connectivity index (χ0v) is 16.6. The van der Waals surface area contributed by atoms with Crippen molar-refractivity contribution in [3.05, 3.63) is 24.3 Å². The van der Waals surface area contributed by atoms with Gasteiger partial charge in [0.1, 0.15) is 5.78 Å². The van der Waals surface area contributed by atoms with Crippen LogP contribution in [-0.4, -0.2) is 39.3 Å². The molecule has 0 heterocycles. The number of ketones is 1. The number of carbonyl (C=O) groups excluding carboxylic acids is 1. The number of aliphatic hydroxyl groups is 2. The minimum Gasteiger partial charge on any atom is -0.481 e. The third kappa shape index (κ3) is 9.87. The van der Waals surface area contributed by atoms with E-state index in [4.69, 9.17) is 5.11 Å². The summed E-state index contributed by atoms with van der Waals surface area (Å²) in [6.07, 6.45) is 14.7. The Morgan fingerprint density at radius 1 is 1.19 bits per heavy atom. The Labute approximate surface area is 163 Å². The lowest BCUT2D eigenvalue weighted by molar-refractivity contribution is -0.137. The molecule has 5 nitrogen and oxygen atoms in total. The van der Waals surface area contributed by atoms with Crippen LogP contribution in [0.4, 0.5) is 0 Å². The van der Waals surface area contributed by atoms with Gasteiger partial charge in [-0.3, -0.25) is 9.59 Å². The van der Waals surface area contributed by atoms with Gasteiger partial charge in [0.05, 0.1) is 12.2 Å². The van der Waals surface area contributed by atoms with E-state index in [0.717, 1.165) is 38.5 Å². The van der Waals surface area contributed by atoms with Gasteiger partial charge in [-0.15, -0.1) is 0 Å². The van der Waals surface area contributed by atoms with Crippen molar-refractivity contribution in [1.29, 1.82) is 0 Å². The predicted molar refractivity (Wildman–Crippen MR) is 106 cm³/mol. The van der Waals surface area contributed by atoms with Gasteiger partial charge in [0.2, 0.25) is 0 Å². The molecule has 1 rings (SSSR count). The molecule has 3 N–H and O–H groups in total. The van der Waals surface area contributed by atoms with Crippen LogP contribution in [0, 0.1) is 11.8 Å². The van der Waals surface area contributed by atoms with Crippen LogP contribution in [-0.2, 0) is 9.59 Å². The van der Waals surface area contributed by atoms with E-state index in [0.29, 0.717) is 19.3 Å². The topological polar surface area (TPSA) is 94.8 Å². The van der Waals surface area contributed by atoms with Crippen LogP contribution in [0.3, 0.4) is 0 Å². The van der Waals surface area contributed by atoms with Gasteiger partial charge in [-0.05, 0) is 32.1 Å². The van der Waals surface area contributed by atoms with Crippen LogP contribution in [0.2, 0.25) is 0 Å². The fraction of sp³-hybridized carbons (Fsp3) is 0.727. The van der Waals surface area contributed by atoms with E-state index in [2.05, 4.69) is 6.92 Å². The Kier molecular flexibility index (Phi) is 11.9. The Morgan fingerprint density at radius 3 is 2.67 bits per heavy atom. The number of Topliss-reactive ketones (excluding diaryl/α,β-unsaturated/α-hetero) is 1. The smallest absolute Gasteiger partial charge is 0.303 e. The average Bonchev–Trinajstić information content (AvgIpc) is 2.88. The maximum Gasteiger partial charge on any atom is 0.303 e. The van der Waals surface area contributed by atoms with Crippen molar-refractivity contribution in [2.45, 2.75) is 89.8 Å². The number of allylic oxidation sites excluding steroid dienone is 2. The first-order valence-electron chi connectivity index (χ1n) is 10.4. The Hall–Kier alpha value is -1.46. The van der Waals surface area contributed by atoms with Crippen molar-refractivity contribution in [3.8, 4) is 0 Å². The van der Waals surface area contributed by atoms with Gasteiger partial charge < -0.3 is 15.3 Å². The van der Waals surface area contributed by atoms with Crippen LogP contribution in [0.15, 0.2) is 24.3 Å². The molecule has 0 aromatic rings. The molecular weight excluding hydrogens is 344 g/mol. The number of carbonyl (C=O) groups is 2. The molecule has 4 atom stereocenters. The number of hydrogen-bond donors (Lipinski definition) is 3. The standard InChI is InChI=1S/C22H36O5/c1-2-3-8-11-17(23)14-15-19-18(20(24)16-21(19)25)12-9-6-4-5-7-10-13-22(26)27/h6,9,14-15,17-19,21,23,25H,2-5,7-8,10-13,16H2,1H3,(H,26,27)/t17-,18+,19+,21+/m0/s1. The summed E-state index contributed by atoms with van der Waals surface area (Å²) in [5.41, 5.74) is 0. The molecule has 0 unspecified atom stereocenters. The first kappa shape index (κ1) is 23.6. The lowest BCUT2D eigenvalue weighted by Gasteiger charge is -2.16. The highest BCUT2D eigenvalue weighted by atomic mass is 16.4. The summed E-state index contributed by atoms with van der Waals surface area (Å²) in [6, 6.07) is 0. The number of unbranched alkanes of at least 4 members (excludes halogenated alkanes) is 5. The highest BCUT2D eigenvalue weighted by Crippen LogP contribution is 2.33. The van der Waals surface area contributed by atoms with E-state index >= 15 is 0 Å². The third-order valence-corrected chi connectivity index (χ3v) is 5.21. The third-order valence-electron chi connectivity index (χ3n) is 5.21. The highest BCUT2D eigenvalue weighted by Gasteiger charge is 2.39. The minimum absolute atomic E-state index is 0.0868. The number of hydrogen-bond acceptors (Lipinski definition) is 4. The summed E-state index contributed by atoms with van der Waals surface area (Å²) >= 11 is 0. The molecule has 1 fully saturated rings. The second kappa shape index (κ2) is 13.7. The average molecular weight is 381 g/mol. The molecule has 154 valence electrons. The molecule has 1 aliphatic carbocycles. The number of aliphatic carboxylic acids is 1. The molecule has 0 aromatic heterocycles. The van der Waals surface area contributed by atoms with Crippen molar-refractivity contribution in [2.75, 3.05) is 0 Å². The second-order valence-corrected chi connectivity index (χ2v) is 7.57. The van der Waals surface area contributed by atoms with E-state index < -0.39 is 18.2 Å². The van der Waals surface area contributed by atoms with Gasteiger partial charge in [0, 0.05) is 24.7 Å². The molecule has 0 aliphatic heterocycles. The number of rotatable bonds is 14. The summed E-state index contributed by atoms with van der Waals surface area (Å²) in [5.74, 6) is -1.11. The minimum atomic E-state index is -0.751. The van der Waals surface area contributed by atoms with Gasteiger partial charge in [-0.25, -0.2) is 0 Å². The van der Waals surface area contributed by atoms with Crippen LogP contribution >= 0.6 is 0 Å². The van der Waals surface area contributed by atoms with Gasteiger partial charge in [-0.1, -0.05) is 56.9 Å². The van der Waals surface area contributed by atoms with Crippen molar-refractivity contribution >= 4 is 11.8 Å². The molecule has 27 heavy (non-hydrogen) atoms. The van der Waals surface area contributed by atoms with Gasteiger partial charge in [0.15, 0.2) is 0 Å². The first-order valence-corrected chi connectivity index (χ1v) is 10.4. The quantitative estimate of drug-likeness (QED) is 0.312. The Morgan fingerprint density at radius 2 is 1.96 bits per heavy atom. The Balaban J connectivity index is 2.39. The maximum absolute atomic E-state index is 12.2. The monoisotopic (exact) mass is 380 g/mol. The summed E-state index contributed by atoms with van der Waals surface area (Å²) in [7, 11) is 0. The molecule has 0 aromatic carbocycles. The summed E-state index contributed by atoms with van der Waals surface area (Å²) in [6.45, 7) is 2.12. The zero-order valence-electron chi connectivity index (χ0n) is 16.6. The largest absolute Gasteiger partial charge is 0.481 e. The van der Waals surface area contributed by atoms with Crippen molar-refractivity contribution < 1.29 is 24.9 Å². The summed E-state index contributed by atoms with van der Waals surface area (Å²) in [5, 5.41) is 28.8. The van der Waals surface area contributed by atoms with Crippen LogP contribution in [0.1, 0.15) is 77.6 Å². The molecule has 0 spiro atoms. The maximum atomic E-state index is 12.2. The number of aliphatic hydroxyl groups excluding tert-OH is 2. The molecular formula is C22H36O5. The Bertz CT molecular complexity index is 497. The summed E-state index contributed by atoms with van der Waals surface area (Å²) in [4.78, 5) is 22.6. The van der Waals surface area contributed by atoms with Crippen LogP contribution in [0.5, 0.6) is 0 Å². The zero-order chi connectivity index (χ0) is 20.1. The fourth-order valence-electron chi connectivity index (χ4n) is 3.56. The van der Waals surface area contributed by atoms with E-state index in [1.165, 1.54) is 0 Å². The van der Waals surface area contributed by atoms with Crippen LogP contribution in [0.25, 0.3) is 0 Å². The molecule has 0 amide bonds. The van der Waals surface area contributed by atoms with Gasteiger partial charge >= 0.3 is 5.97 Å². The van der Waals surface area contributed by atoms with E-state index in [1.807, 2.05) is 18.2 Å². The van der Waals surface area contributed by atoms with Crippen molar-refractivity contribution in [1.82, 2.24) is 0 Å². The van der Waals surface area contributed by atoms with Crippen molar-refractivity contribution in [3.63, 3.8) is 0 Å². The van der Waals surface area contributed by atoms with E-state index in [1.54, 1.807) is 6.08 Å². The summed E-state index contributed by atoms with van der Waals surface area (Å²) < 4.78 is 0. The fourth-order valence-corrected chi connectivity index (χ4v) is 3.56. The number of carboxylic acids is 1. The predicted octanol–water partition coefficient (Wildman–Crippen LogP) is 4.03. The van der Waals surface area contributed by atoms with Gasteiger partial charge in [-0.2, -0.15) is 0 Å². The lowest BCUT2D eigenvalue weighted by Crippen LogP contribution is -2.18. The molecule has 0 radical (unpaired) electrons. The highest BCUT2D eigenvalue weighted by molar-refractivity contribution is 5.84. The van der Waals surface area contributed by atoms with E-state index in [-0.39, 0.29) is 30.5 Å². The van der Waals surface area contributed by atoms with Crippen LogP contribution < -0.4 is 0 Å². The van der Waals surface area contributed by atoms with E-state index in [9.17, 15) is 19.8 Å². The normalized spacial score (nSPS) is 24.3. The lowest BCUT2D eigenvalue weighted by atomic mass is 9.90.